The summed E-state index contributed by atoms with van der Waals surface area (Å²) in [5, 5.41) is 0. The predicted octanol–water partition coefficient (Wildman–Crippen LogP) is 4.13. The van der Waals surface area contributed by atoms with Crippen LogP contribution in [0.3, 0.4) is 0 Å². The van der Waals surface area contributed by atoms with Crippen molar-refractivity contribution in [2.24, 2.45) is 0 Å². The maximum atomic E-state index is 13.6. The third-order valence-corrected chi connectivity index (χ3v) is 6.06. The highest BCUT2D eigenvalue weighted by Crippen LogP contribution is 2.31. The van der Waals surface area contributed by atoms with Gasteiger partial charge in [-0.15, -0.1) is 0 Å². The Morgan fingerprint density at radius 1 is 1.00 bits per heavy atom. The number of esters is 1. The molecular formula is C27H25FN2O6. The maximum Gasteiger partial charge on any atom is 0.423 e. The molecule has 0 amide bonds. The van der Waals surface area contributed by atoms with E-state index in [9.17, 15) is 18.8 Å². The van der Waals surface area contributed by atoms with Crippen molar-refractivity contribution in [2.75, 3.05) is 7.11 Å². The van der Waals surface area contributed by atoms with Gasteiger partial charge in [-0.3, -0.25) is 4.79 Å². The fourth-order valence-corrected chi connectivity index (χ4v) is 4.14. The smallest absolute Gasteiger partial charge is 0.423 e. The van der Waals surface area contributed by atoms with E-state index in [1.807, 2.05) is 31.2 Å². The third kappa shape index (κ3) is 4.77. The van der Waals surface area contributed by atoms with Gasteiger partial charge in [-0.05, 0) is 44.0 Å². The average Bonchev–Trinajstić information content (AvgIpc) is 2.86. The van der Waals surface area contributed by atoms with E-state index in [4.69, 9.17) is 13.9 Å². The van der Waals surface area contributed by atoms with Gasteiger partial charge in [0.2, 0.25) is 5.58 Å². The summed E-state index contributed by atoms with van der Waals surface area (Å²) in [5.41, 5.74) is 1.61. The summed E-state index contributed by atoms with van der Waals surface area (Å²) in [6.07, 6.45) is 0.627. The number of hydrogen-bond acceptors (Lipinski definition) is 7. The number of pyridine rings is 1. The lowest BCUT2D eigenvalue weighted by atomic mass is 9.87. The Hall–Kier alpha value is -4.27. The van der Waals surface area contributed by atoms with E-state index < -0.39 is 35.3 Å². The van der Waals surface area contributed by atoms with E-state index in [2.05, 4.69) is 4.98 Å². The number of hydrogen-bond donors (Lipinski definition) is 0. The standard InChI is InChI=1S/C27H25FN2O6/c1-15-5-7-18(8-6-15)22(19-9-11-20(28)12-10-19)17(3)35-26(32)16(2)30-25(31)23-24(36-27(30)33)21(34-4)13-14-29-23/h5-14,16-17,22H,1-4H3/t16-,17-,22?/m0/s1. The molecule has 0 spiro atoms. The van der Waals surface area contributed by atoms with Crippen molar-refractivity contribution in [2.45, 2.75) is 38.8 Å². The van der Waals surface area contributed by atoms with E-state index in [1.165, 1.54) is 38.4 Å². The number of methoxy groups -OCH3 is 1. The lowest BCUT2D eigenvalue weighted by Crippen LogP contribution is -2.40. The van der Waals surface area contributed by atoms with Crippen LogP contribution in [-0.2, 0) is 9.53 Å². The van der Waals surface area contributed by atoms with Gasteiger partial charge in [0.15, 0.2) is 11.3 Å². The maximum absolute atomic E-state index is 13.6. The first kappa shape index (κ1) is 24.8. The van der Waals surface area contributed by atoms with E-state index in [0.29, 0.717) is 4.57 Å². The fraction of sp³-hybridized carbons (Fsp3) is 0.259. The molecule has 4 aromatic rings. The molecule has 0 aliphatic carbocycles. The van der Waals surface area contributed by atoms with E-state index in [1.54, 1.807) is 19.1 Å². The highest BCUT2D eigenvalue weighted by molar-refractivity contribution is 5.78. The van der Waals surface area contributed by atoms with Crippen LogP contribution in [0.2, 0.25) is 0 Å². The third-order valence-electron chi connectivity index (χ3n) is 6.06. The molecule has 0 radical (unpaired) electrons. The quantitative estimate of drug-likeness (QED) is 0.358. The number of carbonyl (C=O) groups excluding carboxylic acids is 1. The van der Waals surface area contributed by atoms with Crippen LogP contribution in [0.25, 0.3) is 11.1 Å². The zero-order chi connectivity index (χ0) is 26.0. The molecule has 0 aliphatic rings. The minimum absolute atomic E-state index is 0.101. The minimum atomic E-state index is -1.29. The number of halogens is 1. The summed E-state index contributed by atoms with van der Waals surface area (Å²) >= 11 is 0. The first-order chi connectivity index (χ1) is 17.2. The average molecular weight is 493 g/mol. The highest BCUT2D eigenvalue weighted by Gasteiger charge is 2.30. The van der Waals surface area contributed by atoms with Gasteiger partial charge in [0, 0.05) is 18.2 Å². The number of rotatable bonds is 7. The molecule has 0 aliphatic heterocycles. The number of benzene rings is 2. The Morgan fingerprint density at radius 2 is 1.61 bits per heavy atom. The molecule has 2 heterocycles. The van der Waals surface area contributed by atoms with Crippen molar-refractivity contribution in [1.82, 2.24) is 9.55 Å². The van der Waals surface area contributed by atoms with Gasteiger partial charge < -0.3 is 13.9 Å². The number of nitrogens with zero attached hydrogens (tertiary/aromatic N) is 2. The molecule has 0 fully saturated rings. The molecule has 186 valence electrons. The largest absolute Gasteiger partial charge is 0.493 e. The Balaban J connectivity index is 1.67. The predicted molar refractivity (Wildman–Crippen MR) is 131 cm³/mol. The number of carbonyl (C=O) groups is 1. The van der Waals surface area contributed by atoms with Crippen LogP contribution in [0.1, 0.15) is 42.5 Å². The second-order valence-electron chi connectivity index (χ2n) is 8.49. The van der Waals surface area contributed by atoms with Gasteiger partial charge >= 0.3 is 11.7 Å². The van der Waals surface area contributed by atoms with Crippen molar-refractivity contribution in [3.63, 3.8) is 0 Å². The van der Waals surface area contributed by atoms with Crippen molar-refractivity contribution < 1.29 is 23.1 Å². The van der Waals surface area contributed by atoms with Gasteiger partial charge in [-0.1, -0.05) is 42.0 Å². The van der Waals surface area contributed by atoms with Gasteiger partial charge in [0.25, 0.3) is 5.56 Å². The molecule has 2 aromatic heterocycles. The van der Waals surface area contributed by atoms with E-state index >= 15 is 0 Å². The van der Waals surface area contributed by atoms with Crippen LogP contribution in [-0.4, -0.2) is 28.7 Å². The summed E-state index contributed by atoms with van der Waals surface area (Å²) in [4.78, 5) is 42.8. The molecule has 3 atom stereocenters. The lowest BCUT2D eigenvalue weighted by molar-refractivity contribution is -0.152. The van der Waals surface area contributed by atoms with Crippen LogP contribution in [0.5, 0.6) is 5.75 Å². The number of ether oxygens (including phenoxy) is 2. The van der Waals surface area contributed by atoms with Gasteiger partial charge in [0.05, 0.1) is 7.11 Å². The molecule has 1 unspecified atom stereocenters. The number of aromatic nitrogens is 2. The molecule has 9 heteroatoms. The fourth-order valence-electron chi connectivity index (χ4n) is 4.14. The summed E-state index contributed by atoms with van der Waals surface area (Å²) in [6.45, 7) is 5.04. The zero-order valence-electron chi connectivity index (χ0n) is 20.2. The summed E-state index contributed by atoms with van der Waals surface area (Å²) in [5.74, 6) is -2.47. The van der Waals surface area contributed by atoms with Gasteiger partial charge in [-0.25, -0.2) is 23.5 Å². The van der Waals surface area contributed by atoms with Crippen molar-refractivity contribution >= 4 is 17.1 Å². The van der Waals surface area contributed by atoms with Crippen molar-refractivity contribution in [1.29, 1.82) is 0 Å². The summed E-state index contributed by atoms with van der Waals surface area (Å²) in [7, 11) is 1.37. The van der Waals surface area contributed by atoms with E-state index in [-0.39, 0.29) is 22.7 Å². The molecule has 4 rings (SSSR count). The van der Waals surface area contributed by atoms with Gasteiger partial charge in [0.1, 0.15) is 18.0 Å². The molecule has 0 saturated carbocycles. The van der Waals surface area contributed by atoms with Crippen LogP contribution >= 0.6 is 0 Å². The molecule has 0 bridgehead atoms. The van der Waals surface area contributed by atoms with Crippen LogP contribution < -0.4 is 16.1 Å². The SMILES string of the molecule is COc1ccnc2c(=O)n([C@@H](C)C(=O)O[C@@H](C)C(c3ccc(C)cc3)c3ccc(F)cc3)c(=O)oc12. The monoisotopic (exact) mass is 492 g/mol. The second kappa shape index (κ2) is 10.2. The normalized spacial score (nSPS) is 13.7. The Kier molecular flexibility index (Phi) is 7.00. The number of aryl methyl sites for hydroxylation is 1. The second-order valence-corrected chi connectivity index (χ2v) is 8.49. The molecular weight excluding hydrogens is 467 g/mol. The first-order valence-corrected chi connectivity index (χ1v) is 11.3. The summed E-state index contributed by atoms with van der Waals surface area (Å²) in [6, 6.07) is 13.8. The van der Waals surface area contributed by atoms with Crippen molar-refractivity contribution in [3.8, 4) is 5.75 Å². The molecule has 8 nitrogen and oxygen atoms in total. The topological polar surface area (TPSA) is 101 Å². The van der Waals surface area contributed by atoms with Gasteiger partial charge in [-0.2, -0.15) is 0 Å². The van der Waals surface area contributed by atoms with Crippen molar-refractivity contribution in [3.05, 3.63) is 104 Å². The summed E-state index contributed by atoms with van der Waals surface area (Å²) < 4.78 is 30.4. The van der Waals surface area contributed by atoms with E-state index in [0.717, 1.165) is 16.7 Å². The zero-order valence-corrected chi connectivity index (χ0v) is 20.2. The molecule has 2 aromatic carbocycles. The lowest BCUT2D eigenvalue weighted by Gasteiger charge is -2.26. The molecule has 36 heavy (non-hydrogen) atoms. The minimum Gasteiger partial charge on any atom is -0.493 e. The van der Waals surface area contributed by atoms with Crippen LogP contribution in [0.15, 0.2) is 74.8 Å². The highest BCUT2D eigenvalue weighted by atomic mass is 19.1. The molecule has 0 saturated heterocycles. The first-order valence-electron chi connectivity index (χ1n) is 11.3. The van der Waals surface area contributed by atoms with Crippen LogP contribution in [0, 0.1) is 12.7 Å². The Labute approximate surface area is 205 Å². The Bertz CT molecular complexity index is 1460. The Morgan fingerprint density at radius 3 is 2.22 bits per heavy atom. The molecule has 0 N–H and O–H groups in total. The number of fused-ring (bicyclic) bond motifs is 1. The van der Waals surface area contributed by atoms with Crippen LogP contribution in [0.4, 0.5) is 4.39 Å².